The number of thioether (sulfide) groups is 1. The molecule has 1 aliphatic rings. The van der Waals surface area contributed by atoms with Gasteiger partial charge in [0.2, 0.25) is 11.7 Å². The highest BCUT2D eigenvalue weighted by Crippen LogP contribution is 2.34. The number of ketones is 1. The van der Waals surface area contributed by atoms with Gasteiger partial charge in [-0.3, -0.25) is 14.4 Å². The molecule has 1 amide bonds. The Bertz CT molecular complexity index is 869. The van der Waals surface area contributed by atoms with Crippen molar-refractivity contribution >= 4 is 35.1 Å². The summed E-state index contributed by atoms with van der Waals surface area (Å²) in [6.07, 6.45) is -1.01. The van der Waals surface area contributed by atoms with Crippen LogP contribution in [-0.2, 0) is 14.3 Å². The first kappa shape index (κ1) is 19.1. The van der Waals surface area contributed by atoms with Gasteiger partial charge in [0.1, 0.15) is 5.82 Å². The van der Waals surface area contributed by atoms with Gasteiger partial charge in [-0.2, -0.15) is 0 Å². The Kier molecular flexibility index (Phi) is 5.91. The number of rotatable bonds is 6. The topological polar surface area (TPSA) is 63.7 Å². The van der Waals surface area contributed by atoms with Gasteiger partial charge in [-0.15, -0.1) is 11.8 Å². The molecular weight excluding hydrogens is 369 g/mol. The van der Waals surface area contributed by atoms with Crippen molar-refractivity contribution < 1.29 is 23.5 Å². The highest BCUT2D eigenvalue weighted by molar-refractivity contribution is 8.00. The van der Waals surface area contributed by atoms with Gasteiger partial charge in [-0.05, 0) is 43.3 Å². The van der Waals surface area contributed by atoms with Crippen molar-refractivity contribution in [2.24, 2.45) is 0 Å². The van der Waals surface area contributed by atoms with Crippen LogP contribution < -0.4 is 4.90 Å². The summed E-state index contributed by atoms with van der Waals surface area (Å²) in [6.45, 7) is 1.66. The molecule has 0 saturated carbocycles. The van der Waals surface area contributed by atoms with Crippen molar-refractivity contribution in [1.82, 2.24) is 0 Å². The summed E-state index contributed by atoms with van der Waals surface area (Å²) in [5.74, 6) is -1.16. The molecule has 0 fully saturated rings. The molecule has 2 aromatic rings. The predicted octanol–water partition coefficient (Wildman–Crippen LogP) is 3.47. The average Bonchev–Trinajstić information content (AvgIpc) is 2.67. The number of anilines is 1. The van der Waals surface area contributed by atoms with Crippen LogP contribution in [0, 0.1) is 5.82 Å². The van der Waals surface area contributed by atoms with Crippen LogP contribution in [0.2, 0.25) is 0 Å². The summed E-state index contributed by atoms with van der Waals surface area (Å²) in [7, 11) is 0. The molecule has 0 unspecified atom stereocenters. The molecule has 2 aromatic carbocycles. The van der Waals surface area contributed by atoms with Crippen LogP contribution in [0.25, 0.3) is 0 Å². The van der Waals surface area contributed by atoms with E-state index in [2.05, 4.69) is 0 Å². The number of esters is 1. The van der Waals surface area contributed by atoms with Gasteiger partial charge in [0.15, 0.2) is 6.10 Å². The lowest BCUT2D eigenvalue weighted by molar-refractivity contribution is -0.146. The number of hydrogen-bond donors (Lipinski definition) is 0. The molecule has 1 aliphatic heterocycles. The zero-order chi connectivity index (χ0) is 19.4. The Morgan fingerprint density at radius 3 is 2.63 bits per heavy atom. The third-order valence-electron chi connectivity index (χ3n) is 4.15. The maximum atomic E-state index is 12.9. The van der Waals surface area contributed by atoms with Gasteiger partial charge >= 0.3 is 5.97 Å². The number of nitrogens with zero attached hydrogens (tertiary/aromatic N) is 1. The number of fused-ring (bicyclic) bond motifs is 1. The first-order valence-electron chi connectivity index (χ1n) is 8.47. The second-order valence-electron chi connectivity index (χ2n) is 6.06. The van der Waals surface area contributed by atoms with Crippen molar-refractivity contribution in [1.29, 1.82) is 0 Å². The molecule has 0 radical (unpaired) electrons. The fourth-order valence-electron chi connectivity index (χ4n) is 2.76. The fraction of sp³-hybridized carbons (Fsp3) is 0.250. The van der Waals surface area contributed by atoms with E-state index in [1.165, 1.54) is 43.0 Å². The van der Waals surface area contributed by atoms with Gasteiger partial charge in [0.05, 0.1) is 17.9 Å². The summed E-state index contributed by atoms with van der Waals surface area (Å²) in [5.41, 5.74) is 1.05. The van der Waals surface area contributed by atoms with Crippen molar-refractivity contribution in [2.45, 2.75) is 24.3 Å². The second-order valence-corrected chi connectivity index (χ2v) is 7.07. The van der Waals surface area contributed by atoms with Crippen molar-refractivity contribution in [3.05, 3.63) is 59.9 Å². The molecule has 0 bridgehead atoms. The maximum Gasteiger partial charge on any atom is 0.308 e. The van der Waals surface area contributed by atoms with Crippen LogP contribution in [-0.4, -0.2) is 36.1 Å². The van der Waals surface area contributed by atoms with Crippen molar-refractivity contribution in [3.8, 4) is 0 Å². The fourth-order valence-corrected chi connectivity index (χ4v) is 3.70. The van der Waals surface area contributed by atoms with Gasteiger partial charge in [-0.1, -0.05) is 12.1 Å². The first-order chi connectivity index (χ1) is 13.0. The van der Waals surface area contributed by atoms with E-state index in [-0.39, 0.29) is 24.4 Å². The summed E-state index contributed by atoms with van der Waals surface area (Å²) < 4.78 is 18.1. The van der Waals surface area contributed by atoms with Gasteiger partial charge in [0.25, 0.3) is 0 Å². The van der Waals surface area contributed by atoms with Crippen LogP contribution in [0.3, 0.4) is 0 Å². The molecule has 0 aliphatic carbocycles. The molecule has 1 heterocycles. The number of Topliss-reactive ketones (excluding diaryl/α,β-unsaturated/α-hetero) is 1. The molecule has 0 N–H and O–H groups in total. The highest BCUT2D eigenvalue weighted by Gasteiger charge is 2.26. The Labute approximate surface area is 160 Å². The monoisotopic (exact) mass is 387 g/mol. The van der Waals surface area contributed by atoms with E-state index in [1.54, 1.807) is 4.90 Å². The molecule has 1 atom stereocenters. The van der Waals surface area contributed by atoms with Gasteiger partial charge < -0.3 is 9.64 Å². The lowest BCUT2D eigenvalue weighted by Gasteiger charge is -2.28. The summed E-state index contributed by atoms with van der Waals surface area (Å²) in [4.78, 5) is 39.1. The molecule has 0 spiro atoms. The number of para-hydroxylation sites is 1. The largest absolute Gasteiger partial charge is 0.454 e. The van der Waals surface area contributed by atoms with E-state index in [0.717, 1.165) is 10.6 Å². The average molecular weight is 387 g/mol. The Balaban J connectivity index is 1.57. The number of carbonyl (C=O) groups is 3. The number of hydrogen-bond acceptors (Lipinski definition) is 5. The summed E-state index contributed by atoms with van der Waals surface area (Å²) in [5, 5.41) is 0. The molecule has 7 heteroatoms. The first-order valence-corrected chi connectivity index (χ1v) is 9.45. The molecule has 27 heavy (non-hydrogen) atoms. The van der Waals surface area contributed by atoms with Gasteiger partial charge in [0, 0.05) is 17.0 Å². The minimum absolute atomic E-state index is 0.0220. The van der Waals surface area contributed by atoms with Crippen LogP contribution >= 0.6 is 11.8 Å². The number of ether oxygens (including phenoxy) is 1. The van der Waals surface area contributed by atoms with E-state index in [9.17, 15) is 18.8 Å². The number of amides is 1. The van der Waals surface area contributed by atoms with E-state index in [0.29, 0.717) is 5.75 Å². The van der Waals surface area contributed by atoms with Crippen LogP contribution in [0.1, 0.15) is 23.7 Å². The lowest BCUT2D eigenvalue weighted by Crippen LogP contribution is -2.37. The minimum Gasteiger partial charge on any atom is -0.454 e. The zero-order valence-electron chi connectivity index (χ0n) is 14.7. The third-order valence-corrected chi connectivity index (χ3v) is 5.20. The SMILES string of the molecule is C[C@H](OC(=O)CCN1C(=O)CSc2ccccc21)C(=O)c1ccc(F)cc1. The second kappa shape index (κ2) is 8.35. The standard InChI is InChI=1S/C20H18FNO4S/c1-13(20(25)14-6-8-15(21)9-7-14)26-19(24)10-11-22-16-4-2-3-5-17(16)27-12-18(22)23/h2-9,13H,10-12H2,1H3/t13-/m0/s1. The molecule has 0 saturated heterocycles. The van der Waals surface area contributed by atoms with E-state index in [1.807, 2.05) is 24.3 Å². The van der Waals surface area contributed by atoms with Crippen LogP contribution in [0.15, 0.2) is 53.4 Å². The third kappa shape index (κ3) is 4.54. The maximum absolute atomic E-state index is 12.9. The quantitative estimate of drug-likeness (QED) is 0.561. The van der Waals surface area contributed by atoms with Crippen molar-refractivity contribution in [2.75, 3.05) is 17.2 Å². The van der Waals surface area contributed by atoms with E-state index < -0.39 is 23.7 Å². The molecule has 5 nitrogen and oxygen atoms in total. The minimum atomic E-state index is -0.983. The zero-order valence-corrected chi connectivity index (χ0v) is 15.5. The smallest absolute Gasteiger partial charge is 0.308 e. The van der Waals surface area contributed by atoms with Crippen LogP contribution in [0.5, 0.6) is 0 Å². The molecular formula is C20H18FNO4S. The molecule has 3 rings (SSSR count). The van der Waals surface area contributed by atoms with Gasteiger partial charge in [-0.25, -0.2) is 4.39 Å². The number of carbonyl (C=O) groups excluding carboxylic acids is 3. The van der Waals surface area contributed by atoms with Crippen LogP contribution in [0.4, 0.5) is 10.1 Å². The number of benzene rings is 2. The predicted molar refractivity (Wildman–Crippen MR) is 100 cm³/mol. The lowest BCUT2D eigenvalue weighted by atomic mass is 10.1. The summed E-state index contributed by atoms with van der Waals surface area (Å²) in [6, 6.07) is 12.6. The van der Waals surface area contributed by atoms with Crippen molar-refractivity contribution in [3.63, 3.8) is 0 Å². The van der Waals surface area contributed by atoms with E-state index >= 15 is 0 Å². The Morgan fingerprint density at radius 2 is 1.89 bits per heavy atom. The Hall–Kier alpha value is -2.67. The molecule has 140 valence electrons. The van der Waals surface area contributed by atoms with E-state index in [4.69, 9.17) is 4.74 Å². The number of halogens is 1. The highest BCUT2D eigenvalue weighted by atomic mass is 32.2. The summed E-state index contributed by atoms with van der Waals surface area (Å²) >= 11 is 1.47. The Morgan fingerprint density at radius 1 is 1.19 bits per heavy atom. The molecule has 0 aromatic heterocycles. The normalized spacial score (nSPS) is 14.4.